The third-order valence-corrected chi connectivity index (χ3v) is 3.51. The predicted octanol–water partition coefficient (Wildman–Crippen LogP) is 0.0748. The van der Waals surface area contributed by atoms with E-state index in [0.717, 1.165) is 5.56 Å². The zero-order chi connectivity index (χ0) is 12.6. The molecule has 0 aliphatic carbocycles. The molecule has 92 valence electrons. The van der Waals surface area contributed by atoms with Crippen LogP contribution in [-0.4, -0.2) is 34.7 Å². The summed E-state index contributed by atoms with van der Waals surface area (Å²) in [6.07, 6.45) is 0.701. The highest BCUT2D eigenvalue weighted by Gasteiger charge is 2.46. The van der Waals surface area contributed by atoms with Crippen molar-refractivity contribution >= 4 is 5.91 Å². The van der Waals surface area contributed by atoms with E-state index in [-0.39, 0.29) is 23.4 Å². The Morgan fingerprint density at radius 3 is 2.41 bits per heavy atom. The first-order valence-corrected chi connectivity index (χ1v) is 5.82. The Hall–Kier alpha value is -1.55. The fourth-order valence-electron chi connectivity index (χ4n) is 2.24. The Morgan fingerprint density at radius 1 is 1.35 bits per heavy atom. The monoisotopic (exact) mass is 235 g/mol. The van der Waals surface area contributed by atoms with Crippen molar-refractivity contribution in [1.29, 1.82) is 0 Å². The number of nitrogens with two attached hydrogens (primary N) is 1. The third kappa shape index (κ3) is 2.26. The van der Waals surface area contributed by atoms with Gasteiger partial charge in [0.15, 0.2) is 11.7 Å². The molecule has 1 fully saturated rings. The van der Waals surface area contributed by atoms with Gasteiger partial charge in [-0.25, -0.2) is 0 Å². The summed E-state index contributed by atoms with van der Waals surface area (Å²) in [4.78, 5) is 13.8. The maximum atomic E-state index is 12.0. The minimum Gasteiger partial charge on any atom is -0.508 e. The van der Waals surface area contributed by atoms with E-state index in [9.17, 15) is 9.90 Å². The van der Waals surface area contributed by atoms with Crippen molar-refractivity contribution in [2.75, 3.05) is 7.05 Å². The molecule has 4 nitrogen and oxygen atoms in total. The summed E-state index contributed by atoms with van der Waals surface area (Å²) in [6.45, 7) is 4.09. The molecule has 17 heavy (non-hydrogen) atoms. The molecule has 1 atom stereocenters. The molecule has 3 N–H and O–H groups in total. The van der Waals surface area contributed by atoms with Crippen molar-refractivity contribution in [2.45, 2.75) is 32.0 Å². The maximum Gasteiger partial charge on any atom is 0.285 e. The molecule has 1 aliphatic rings. The van der Waals surface area contributed by atoms with E-state index in [4.69, 9.17) is 0 Å². The summed E-state index contributed by atoms with van der Waals surface area (Å²) in [5, 5.41) is 11.3. The minimum absolute atomic E-state index is 0.0560. The summed E-state index contributed by atoms with van der Waals surface area (Å²) < 4.78 is 0. The van der Waals surface area contributed by atoms with Crippen LogP contribution in [0.5, 0.6) is 5.75 Å². The van der Waals surface area contributed by atoms with Crippen molar-refractivity contribution in [3.05, 3.63) is 29.8 Å². The highest BCUT2D eigenvalue weighted by atomic mass is 16.3. The van der Waals surface area contributed by atoms with Gasteiger partial charge in [-0.1, -0.05) is 12.1 Å². The molecule has 1 aliphatic heterocycles. The molecular weight excluding hydrogens is 216 g/mol. The lowest BCUT2D eigenvalue weighted by Crippen LogP contribution is -2.98. The van der Waals surface area contributed by atoms with Crippen molar-refractivity contribution < 1.29 is 15.2 Å². The Morgan fingerprint density at radius 2 is 1.94 bits per heavy atom. The van der Waals surface area contributed by atoms with Gasteiger partial charge in [-0.2, -0.15) is 0 Å². The lowest BCUT2D eigenvalue weighted by atomic mass is 10.1. The van der Waals surface area contributed by atoms with Gasteiger partial charge in [0.1, 0.15) is 5.75 Å². The number of carbonyl (C=O) groups excluding carboxylic acids is 1. The largest absolute Gasteiger partial charge is 0.508 e. The first kappa shape index (κ1) is 11.9. The lowest BCUT2D eigenvalue weighted by Gasteiger charge is -2.22. The molecule has 1 saturated heterocycles. The SMILES string of the molecule is CN1C(=O)[C@H](Cc2ccc(O)cc2)[NH2+]C1(C)C. The van der Waals surface area contributed by atoms with Gasteiger partial charge >= 0.3 is 0 Å². The normalized spacial score (nSPS) is 23.1. The summed E-state index contributed by atoms with van der Waals surface area (Å²) in [7, 11) is 1.84. The number of nitrogens with zero attached hydrogens (tertiary/aromatic N) is 1. The number of hydrogen-bond donors (Lipinski definition) is 2. The van der Waals surface area contributed by atoms with Crippen LogP contribution in [-0.2, 0) is 11.2 Å². The Balaban J connectivity index is 2.10. The van der Waals surface area contributed by atoms with Gasteiger partial charge in [0.2, 0.25) is 0 Å². The first-order valence-electron chi connectivity index (χ1n) is 5.82. The molecule has 0 saturated carbocycles. The number of rotatable bonds is 2. The number of aromatic hydroxyl groups is 1. The number of phenols is 1. The van der Waals surface area contributed by atoms with Crippen molar-refractivity contribution in [3.8, 4) is 5.75 Å². The van der Waals surface area contributed by atoms with E-state index in [2.05, 4.69) is 5.32 Å². The topological polar surface area (TPSA) is 57.2 Å². The number of hydrogen-bond acceptors (Lipinski definition) is 2. The lowest BCUT2D eigenvalue weighted by molar-refractivity contribution is -0.737. The van der Waals surface area contributed by atoms with E-state index < -0.39 is 0 Å². The summed E-state index contributed by atoms with van der Waals surface area (Å²) in [6, 6.07) is 6.98. The van der Waals surface area contributed by atoms with E-state index in [1.807, 2.05) is 33.0 Å². The fourth-order valence-corrected chi connectivity index (χ4v) is 2.24. The quantitative estimate of drug-likeness (QED) is 0.762. The molecule has 1 aromatic carbocycles. The Bertz CT molecular complexity index is 426. The second kappa shape index (κ2) is 4.04. The zero-order valence-electron chi connectivity index (χ0n) is 10.5. The van der Waals surface area contributed by atoms with E-state index in [0.29, 0.717) is 6.42 Å². The van der Waals surface area contributed by atoms with Crippen molar-refractivity contribution in [1.82, 2.24) is 4.90 Å². The minimum atomic E-state index is -0.168. The van der Waals surface area contributed by atoms with Crippen molar-refractivity contribution in [3.63, 3.8) is 0 Å². The summed E-state index contributed by atoms with van der Waals surface area (Å²) in [5.41, 5.74) is 0.905. The molecule has 2 rings (SSSR count). The maximum absolute atomic E-state index is 12.0. The van der Waals surface area contributed by atoms with Crippen LogP contribution < -0.4 is 5.32 Å². The van der Waals surface area contributed by atoms with Crippen LogP contribution in [0.25, 0.3) is 0 Å². The van der Waals surface area contributed by atoms with E-state index in [1.165, 1.54) is 0 Å². The second-order valence-electron chi connectivity index (χ2n) is 5.19. The number of quaternary nitrogens is 1. The average Bonchev–Trinajstić information content (AvgIpc) is 2.46. The van der Waals surface area contributed by atoms with Crippen molar-refractivity contribution in [2.24, 2.45) is 0 Å². The number of amides is 1. The molecule has 1 heterocycles. The van der Waals surface area contributed by atoms with E-state index >= 15 is 0 Å². The summed E-state index contributed by atoms with van der Waals surface area (Å²) in [5.74, 6) is 0.427. The van der Waals surface area contributed by atoms with Gasteiger partial charge in [-0.3, -0.25) is 9.69 Å². The molecule has 0 bridgehead atoms. The fraction of sp³-hybridized carbons (Fsp3) is 0.462. The van der Waals surface area contributed by atoms with Crippen LogP contribution in [0.15, 0.2) is 24.3 Å². The van der Waals surface area contributed by atoms with E-state index in [1.54, 1.807) is 17.0 Å². The molecule has 4 heteroatoms. The highest BCUT2D eigenvalue weighted by molar-refractivity contribution is 5.82. The van der Waals surface area contributed by atoms with Crippen LogP contribution in [0.3, 0.4) is 0 Å². The van der Waals surface area contributed by atoms with Crippen LogP contribution in [0.4, 0.5) is 0 Å². The Kier molecular flexibility index (Phi) is 2.83. The Labute approximate surface area is 101 Å². The molecule has 1 amide bonds. The zero-order valence-corrected chi connectivity index (χ0v) is 10.5. The van der Waals surface area contributed by atoms with Crippen LogP contribution in [0.2, 0.25) is 0 Å². The number of benzene rings is 1. The molecule has 0 radical (unpaired) electrons. The molecule has 0 spiro atoms. The highest BCUT2D eigenvalue weighted by Crippen LogP contribution is 2.15. The molecular formula is C13H19N2O2+. The smallest absolute Gasteiger partial charge is 0.285 e. The van der Waals surface area contributed by atoms with Gasteiger partial charge in [-0.15, -0.1) is 0 Å². The van der Waals surface area contributed by atoms with Gasteiger partial charge in [0.25, 0.3) is 5.91 Å². The second-order valence-corrected chi connectivity index (χ2v) is 5.19. The van der Waals surface area contributed by atoms with Crippen LogP contribution >= 0.6 is 0 Å². The van der Waals surface area contributed by atoms with Crippen LogP contribution in [0.1, 0.15) is 19.4 Å². The van der Waals surface area contributed by atoms with Gasteiger partial charge in [-0.05, 0) is 17.7 Å². The molecule has 1 aromatic rings. The summed E-state index contributed by atoms with van der Waals surface area (Å²) >= 11 is 0. The first-order chi connectivity index (χ1) is 7.90. The predicted molar refractivity (Wildman–Crippen MR) is 64.4 cm³/mol. The number of likely N-dealkylation sites (N-methyl/N-ethyl adjacent to an activating group) is 1. The number of phenolic OH excluding ortho intramolecular Hbond substituents is 1. The van der Waals surface area contributed by atoms with Gasteiger partial charge in [0.05, 0.1) is 0 Å². The standard InChI is InChI=1S/C13H18N2O2/c1-13(2)14-11(12(17)15(13)3)8-9-4-6-10(16)7-5-9/h4-7,11,14,16H,8H2,1-3H3/p+1/t11-/m0/s1. The molecule has 0 aromatic heterocycles. The average molecular weight is 235 g/mol. The van der Waals surface area contributed by atoms with Crippen LogP contribution in [0, 0.1) is 0 Å². The van der Waals surface area contributed by atoms with Gasteiger partial charge in [0, 0.05) is 27.3 Å². The molecule has 0 unspecified atom stereocenters. The third-order valence-electron chi connectivity index (χ3n) is 3.51. The number of carbonyl (C=O) groups is 1. The van der Waals surface area contributed by atoms with Gasteiger partial charge < -0.3 is 10.4 Å².